The van der Waals surface area contributed by atoms with Crippen molar-refractivity contribution in [2.75, 3.05) is 63.8 Å². The zero-order valence-corrected chi connectivity index (χ0v) is 21.6. The Morgan fingerprint density at radius 2 is 1.97 bits per heavy atom. The Hall–Kier alpha value is -4.31. The van der Waals surface area contributed by atoms with E-state index in [0.717, 1.165) is 35.2 Å². The van der Waals surface area contributed by atoms with Gasteiger partial charge in [-0.15, -0.1) is 0 Å². The second-order valence-corrected chi connectivity index (χ2v) is 9.37. The van der Waals surface area contributed by atoms with Crippen molar-refractivity contribution >= 4 is 39.8 Å². The first-order valence-corrected chi connectivity index (χ1v) is 12.2. The van der Waals surface area contributed by atoms with Gasteiger partial charge in [-0.25, -0.2) is 9.97 Å². The second-order valence-electron chi connectivity index (χ2n) is 9.37. The summed E-state index contributed by atoms with van der Waals surface area (Å²) in [5.74, 6) is 0.902. The van der Waals surface area contributed by atoms with E-state index in [-0.39, 0.29) is 5.91 Å². The number of amides is 1. The van der Waals surface area contributed by atoms with Crippen molar-refractivity contribution in [1.29, 1.82) is 0 Å². The number of fused-ring (bicyclic) bond motifs is 3. The Morgan fingerprint density at radius 3 is 2.76 bits per heavy atom. The fourth-order valence-electron chi connectivity index (χ4n) is 4.73. The molecule has 0 aliphatic carbocycles. The molecular weight excluding hydrogens is 468 g/mol. The molecular formula is C27H32N8O2. The first-order valence-electron chi connectivity index (χ1n) is 12.2. The lowest BCUT2D eigenvalue weighted by Crippen LogP contribution is -2.35. The van der Waals surface area contributed by atoms with Gasteiger partial charge in [-0.05, 0) is 32.3 Å². The van der Waals surface area contributed by atoms with Gasteiger partial charge in [-0.2, -0.15) is 0 Å². The highest BCUT2D eigenvalue weighted by Crippen LogP contribution is 2.38. The van der Waals surface area contributed by atoms with Crippen LogP contribution < -0.4 is 26.0 Å². The molecule has 0 radical (unpaired) electrons. The van der Waals surface area contributed by atoms with Crippen molar-refractivity contribution in [2.24, 2.45) is 0 Å². The summed E-state index contributed by atoms with van der Waals surface area (Å²) >= 11 is 0. The minimum Gasteiger partial charge on any atom is -0.494 e. The van der Waals surface area contributed by atoms with Crippen molar-refractivity contribution < 1.29 is 9.53 Å². The third-order valence-electron chi connectivity index (χ3n) is 6.61. The van der Waals surface area contributed by atoms with Crippen molar-refractivity contribution in [1.82, 2.24) is 24.8 Å². The van der Waals surface area contributed by atoms with Gasteiger partial charge in [0.05, 0.1) is 29.9 Å². The first kappa shape index (κ1) is 24.4. The van der Waals surface area contributed by atoms with E-state index in [2.05, 4.69) is 30.0 Å². The summed E-state index contributed by atoms with van der Waals surface area (Å²) in [6.07, 6.45) is 1.68. The van der Waals surface area contributed by atoms with Crippen LogP contribution in [0.5, 0.6) is 5.75 Å². The number of methoxy groups -OCH3 is 1. The van der Waals surface area contributed by atoms with Gasteiger partial charge in [0.25, 0.3) is 5.91 Å². The van der Waals surface area contributed by atoms with Gasteiger partial charge in [-0.1, -0.05) is 18.2 Å². The van der Waals surface area contributed by atoms with Crippen LogP contribution in [-0.4, -0.2) is 73.2 Å². The van der Waals surface area contributed by atoms with Crippen molar-refractivity contribution in [3.8, 4) is 17.0 Å². The minimum absolute atomic E-state index is 0.103. The summed E-state index contributed by atoms with van der Waals surface area (Å²) in [6, 6.07) is 13.6. The average Bonchev–Trinajstić information content (AvgIpc) is 3.23. The zero-order valence-electron chi connectivity index (χ0n) is 21.6. The van der Waals surface area contributed by atoms with Gasteiger partial charge in [0.15, 0.2) is 0 Å². The molecule has 0 saturated heterocycles. The number of ether oxygens (including phenoxy) is 1. The van der Waals surface area contributed by atoms with E-state index in [0.29, 0.717) is 47.5 Å². The molecule has 1 aliphatic rings. The molecule has 2 aromatic heterocycles. The molecule has 1 aliphatic heterocycles. The maximum Gasteiger partial charge on any atom is 0.268 e. The molecule has 4 N–H and O–H groups in total. The molecule has 0 saturated carbocycles. The van der Waals surface area contributed by atoms with Crippen LogP contribution >= 0.6 is 0 Å². The van der Waals surface area contributed by atoms with Crippen LogP contribution in [0.25, 0.3) is 22.2 Å². The molecule has 0 fully saturated rings. The van der Waals surface area contributed by atoms with Gasteiger partial charge in [0.1, 0.15) is 11.4 Å². The molecule has 5 rings (SSSR count). The molecule has 1 amide bonds. The number of nitrogens with one attached hydrogen (secondary N) is 2. The summed E-state index contributed by atoms with van der Waals surface area (Å²) in [5.41, 5.74) is 11.7. The standard InChI is InChI=1S/C27H32N8O2/c1-33(2)13-14-34(3)22-16-23(37-4)20(15-18(22)28)32-27-30-10-9-19(31-27)24-17-7-5-6-8-21(17)35-12-11-29-26(36)25(24)35/h5-10,15-16H,11-14,28H2,1-4H3,(H,29,36)(H,30,31,32). The number of para-hydroxylation sites is 1. The average molecular weight is 501 g/mol. The van der Waals surface area contributed by atoms with Crippen LogP contribution in [0.4, 0.5) is 23.0 Å². The van der Waals surface area contributed by atoms with Gasteiger partial charge < -0.3 is 35.5 Å². The molecule has 0 unspecified atom stereocenters. The number of likely N-dealkylation sites (N-methyl/N-ethyl adjacent to an activating group) is 2. The predicted molar refractivity (Wildman–Crippen MR) is 148 cm³/mol. The number of anilines is 4. The number of nitrogens with zero attached hydrogens (tertiary/aromatic N) is 5. The number of hydrogen-bond donors (Lipinski definition) is 3. The van der Waals surface area contributed by atoms with Crippen LogP contribution in [0.2, 0.25) is 0 Å². The number of rotatable bonds is 8. The van der Waals surface area contributed by atoms with E-state index in [1.807, 2.05) is 63.6 Å². The maximum atomic E-state index is 12.9. The lowest BCUT2D eigenvalue weighted by molar-refractivity contribution is 0.0930. The number of carbonyl (C=O) groups is 1. The van der Waals surface area contributed by atoms with Crippen LogP contribution in [0.1, 0.15) is 10.5 Å². The largest absolute Gasteiger partial charge is 0.494 e. The topological polar surface area (TPSA) is 114 Å². The second kappa shape index (κ2) is 9.98. The number of carbonyl (C=O) groups excluding carboxylic acids is 1. The number of aromatic nitrogens is 3. The third kappa shape index (κ3) is 4.63. The summed E-state index contributed by atoms with van der Waals surface area (Å²) in [5, 5.41) is 7.20. The SMILES string of the molecule is COc1cc(N(C)CCN(C)C)c(N)cc1Nc1nccc(-c2c3n(c4ccccc24)CCNC3=O)n1. The summed E-state index contributed by atoms with van der Waals surface area (Å²) in [6.45, 7) is 3.03. The highest BCUT2D eigenvalue weighted by Gasteiger charge is 2.27. The number of hydrogen-bond acceptors (Lipinski definition) is 8. The third-order valence-corrected chi connectivity index (χ3v) is 6.61. The summed E-state index contributed by atoms with van der Waals surface area (Å²) in [4.78, 5) is 26.3. The van der Waals surface area contributed by atoms with Crippen molar-refractivity contribution in [2.45, 2.75) is 6.54 Å². The molecule has 37 heavy (non-hydrogen) atoms. The highest BCUT2D eigenvalue weighted by atomic mass is 16.5. The van der Waals surface area contributed by atoms with E-state index in [9.17, 15) is 4.79 Å². The van der Waals surface area contributed by atoms with Crippen LogP contribution in [0.3, 0.4) is 0 Å². The lowest BCUT2D eigenvalue weighted by Gasteiger charge is -2.24. The Morgan fingerprint density at radius 1 is 1.16 bits per heavy atom. The fourth-order valence-corrected chi connectivity index (χ4v) is 4.73. The van der Waals surface area contributed by atoms with Gasteiger partial charge in [0.2, 0.25) is 5.95 Å². The maximum absolute atomic E-state index is 12.9. The van der Waals surface area contributed by atoms with E-state index >= 15 is 0 Å². The van der Waals surface area contributed by atoms with Gasteiger partial charge in [0, 0.05) is 62.0 Å². The normalized spacial score (nSPS) is 12.9. The van der Waals surface area contributed by atoms with Gasteiger partial charge >= 0.3 is 0 Å². The molecule has 3 heterocycles. The summed E-state index contributed by atoms with van der Waals surface area (Å²) in [7, 11) is 7.71. The number of benzene rings is 2. The Bertz CT molecular complexity index is 1460. The van der Waals surface area contributed by atoms with Crippen LogP contribution in [0, 0.1) is 0 Å². The monoisotopic (exact) mass is 500 g/mol. The van der Waals surface area contributed by atoms with E-state index < -0.39 is 0 Å². The molecule has 2 aromatic carbocycles. The molecule has 4 aromatic rings. The molecule has 192 valence electrons. The van der Waals surface area contributed by atoms with E-state index in [4.69, 9.17) is 15.5 Å². The quantitative estimate of drug-likeness (QED) is 0.316. The predicted octanol–water partition coefficient (Wildman–Crippen LogP) is 3.17. The first-order chi connectivity index (χ1) is 17.9. The fraction of sp³-hybridized carbons (Fsp3) is 0.296. The summed E-state index contributed by atoms with van der Waals surface area (Å²) < 4.78 is 7.73. The molecule has 10 nitrogen and oxygen atoms in total. The molecule has 0 bridgehead atoms. The zero-order chi connectivity index (χ0) is 26.1. The molecule has 0 spiro atoms. The minimum atomic E-state index is -0.103. The van der Waals surface area contributed by atoms with Crippen molar-refractivity contribution in [3.63, 3.8) is 0 Å². The highest BCUT2D eigenvalue weighted by molar-refractivity contribution is 6.10. The number of nitrogens with two attached hydrogens (primary N) is 1. The van der Waals surface area contributed by atoms with Crippen LogP contribution in [-0.2, 0) is 6.54 Å². The van der Waals surface area contributed by atoms with E-state index in [1.54, 1.807) is 13.3 Å². The van der Waals surface area contributed by atoms with Gasteiger partial charge in [-0.3, -0.25) is 4.79 Å². The van der Waals surface area contributed by atoms with E-state index in [1.165, 1.54) is 0 Å². The molecule has 0 atom stereocenters. The smallest absolute Gasteiger partial charge is 0.268 e. The van der Waals surface area contributed by atoms with Crippen molar-refractivity contribution in [3.05, 3.63) is 54.4 Å². The Balaban J connectivity index is 1.51. The Kier molecular flexibility index (Phi) is 6.58. The molecule has 10 heteroatoms. The Labute approximate surface area is 216 Å². The lowest BCUT2D eigenvalue weighted by atomic mass is 10.1. The number of nitrogen functional groups attached to an aromatic ring is 1. The van der Waals surface area contributed by atoms with Crippen LogP contribution in [0.15, 0.2) is 48.7 Å².